The van der Waals surface area contributed by atoms with Gasteiger partial charge in [0.25, 0.3) is 0 Å². The van der Waals surface area contributed by atoms with Gasteiger partial charge in [0.15, 0.2) is 5.65 Å². The number of aromatic nitrogens is 5. The third-order valence-electron chi connectivity index (χ3n) is 4.23. The lowest BCUT2D eigenvalue weighted by Gasteiger charge is -2.11. The molecule has 0 unspecified atom stereocenters. The fourth-order valence-electron chi connectivity index (χ4n) is 2.64. The number of nitrogens with one attached hydrogen (secondary N) is 3. The van der Waals surface area contributed by atoms with Gasteiger partial charge in [0.2, 0.25) is 5.95 Å². The van der Waals surface area contributed by atoms with Crippen LogP contribution >= 0.6 is 0 Å². The van der Waals surface area contributed by atoms with Crippen molar-refractivity contribution < 1.29 is 0 Å². The van der Waals surface area contributed by atoms with Crippen LogP contribution in [0.4, 0.5) is 17.5 Å². The highest BCUT2D eigenvalue weighted by molar-refractivity contribution is 5.89. The summed E-state index contributed by atoms with van der Waals surface area (Å²) in [6.45, 7) is 4.73. The van der Waals surface area contributed by atoms with Crippen LogP contribution in [0.3, 0.4) is 0 Å². The van der Waals surface area contributed by atoms with E-state index in [1.165, 1.54) is 11.1 Å². The number of hydrogen-bond acceptors (Lipinski definition) is 6. The number of H-pyrrole nitrogens is 1. The summed E-state index contributed by atoms with van der Waals surface area (Å²) in [5.74, 6) is 1.22. The number of anilines is 3. The van der Waals surface area contributed by atoms with Crippen LogP contribution in [-0.4, -0.2) is 25.1 Å². The predicted molar refractivity (Wildman–Crippen MR) is 102 cm³/mol. The molecule has 0 amide bonds. The molecule has 0 fully saturated rings. The molecule has 3 N–H and O–H groups in total. The summed E-state index contributed by atoms with van der Waals surface area (Å²) >= 11 is 0. The molecule has 3 heterocycles. The molecule has 0 spiro atoms. The van der Waals surface area contributed by atoms with Crippen molar-refractivity contribution in [3.63, 3.8) is 0 Å². The molecule has 7 heteroatoms. The van der Waals surface area contributed by atoms with Crippen LogP contribution in [0.2, 0.25) is 0 Å². The molecule has 0 saturated carbocycles. The standard InChI is InChI=1S/C19H19N7/c1-12-6-7-14(9-13(12)2)23-17-16-11-22-26-18(16)25-19(24-17)21-10-15-5-3-4-8-20-15/h3-9,11H,10H2,1-2H3,(H3,21,22,23,24,25,26). The van der Waals surface area contributed by atoms with Gasteiger partial charge in [-0.2, -0.15) is 15.1 Å². The Hall–Kier alpha value is -3.48. The molecule has 7 nitrogen and oxygen atoms in total. The van der Waals surface area contributed by atoms with E-state index in [0.717, 1.165) is 16.8 Å². The van der Waals surface area contributed by atoms with E-state index in [-0.39, 0.29) is 0 Å². The van der Waals surface area contributed by atoms with Gasteiger partial charge in [0.05, 0.1) is 23.8 Å². The Morgan fingerprint density at radius 2 is 1.96 bits per heavy atom. The molecule has 4 rings (SSSR count). The van der Waals surface area contributed by atoms with Crippen molar-refractivity contribution in [2.45, 2.75) is 20.4 Å². The van der Waals surface area contributed by atoms with E-state index in [1.54, 1.807) is 12.4 Å². The zero-order chi connectivity index (χ0) is 17.9. The zero-order valence-electron chi connectivity index (χ0n) is 14.6. The van der Waals surface area contributed by atoms with Gasteiger partial charge in [-0.05, 0) is 49.2 Å². The van der Waals surface area contributed by atoms with Crippen LogP contribution in [0.25, 0.3) is 11.0 Å². The van der Waals surface area contributed by atoms with E-state index in [0.29, 0.717) is 24.0 Å². The van der Waals surface area contributed by atoms with Crippen molar-refractivity contribution in [2.75, 3.05) is 10.6 Å². The first-order valence-corrected chi connectivity index (χ1v) is 8.38. The molecule has 1 aromatic carbocycles. The predicted octanol–water partition coefficient (Wildman–Crippen LogP) is 3.72. The molecule has 3 aromatic heterocycles. The molecule has 4 aromatic rings. The Morgan fingerprint density at radius 3 is 2.77 bits per heavy atom. The Labute approximate surface area is 150 Å². The van der Waals surface area contributed by atoms with Crippen LogP contribution in [0.5, 0.6) is 0 Å². The van der Waals surface area contributed by atoms with Gasteiger partial charge in [-0.15, -0.1) is 0 Å². The fraction of sp³-hybridized carbons (Fsp3) is 0.158. The Morgan fingerprint density at radius 1 is 1.04 bits per heavy atom. The van der Waals surface area contributed by atoms with E-state index in [2.05, 4.69) is 61.8 Å². The number of fused-ring (bicyclic) bond motifs is 1. The number of nitrogens with zero attached hydrogens (tertiary/aromatic N) is 4. The maximum atomic E-state index is 4.61. The number of benzene rings is 1. The fourth-order valence-corrected chi connectivity index (χ4v) is 2.64. The molecule has 0 radical (unpaired) electrons. The number of rotatable bonds is 5. The van der Waals surface area contributed by atoms with Gasteiger partial charge >= 0.3 is 0 Å². The first kappa shape index (κ1) is 16.0. The SMILES string of the molecule is Cc1ccc(Nc2nc(NCc3ccccn3)nc3[nH]ncc23)cc1C. The molecule has 0 aliphatic rings. The first-order valence-electron chi connectivity index (χ1n) is 8.38. The van der Waals surface area contributed by atoms with Crippen LogP contribution in [0.15, 0.2) is 48.8 Å². The minimum absolute atomic E-state index is 0.513. The summed E-state index contributed by atoms with van der Waals surface area (Å²) in [7, 11) is 0. The zero-order valence-corrected chi connectivity index (χ0v) is 14.6. The van der Waals surface area contributed by atoms with E-state index in [1.807, 2.05) is 24.3 Å². The normalized spacial score (nSPS) is 10.8. The lowest BCUT2D eigenvalue weighted by atomic mass is 10.1. The molecule has 0 atom stereocenters. The van der Waals surface area contributed by atoms with E-state index in [9.17, 15) is 0 Å². The minimum atomic E-state index is 0.513. The van der Waals surface area contributed by atoms with Crippen molar-refractivity contribution in [2.24, 2.45) is 0 Å². The first-order chi connectivity index (χ1) is 12.7. The quantitative estimate of drug-likeness (QED) is 0.511. The van der Waals surface area contributed by atoms with E-state index >= 15 is 0 Å². The van der Waals surface area contributed by atoms with Crippen molar-refractivity contribution in [3.05, 3.63) is 65.6 Å². The Bertz CT molecular complexity index is 1040. The summed E-state index contributed by atoms with van der Waals surface area (Å²) in [5.41, 5.74) is 5.05. The third-order valence-corrected chi connectivity index (χ3v) is 4.23. The van der Waals surface area contributed by atoms with Crippen molar-refractivity contribution >= 4 is 28.5 Å². The van der Waals surface area contributed by atoms with Crippen molar-refractivity contribution in [3.8, 4) is 0 Å². The van der Waals surface area contributed by atoms with Gasteiger partial charge in [-0.3, -0.25) is 10.1 Å². The number of aromatic amines is 1. The summed E-state index contributed by atoms with van der Waals surface area (Å²) in [6, 6.07) is 12.0. The highest BCUT2D eigenvalue weighted by Gasteiger charge is 2.10. The third kappa shape index (κ3) is 3.32. The topological polar surface area (TPSA) is 91.4 Å². The maximum Gasteiger partial charge on any atom is 0.227 e. The average molecular weight is 345 g/mol. The summed E-state index contributed by atoms with van der Waals surface area (Å²) in [5, 5.41) is 14.4. The van der Waals surface area contributed by atoms with Gasteiger partial charge in [-0.1, -0.05) is 12.1 Å². The Balaban J connectivity index is 1.62. The second-order valence-corrected chi connectivity index (χ2v) is 6.13. The minimum Gasteiger partial charge on any atom is -0.348 e. The highest BCUT2D eigenvalue weighted by Crippen LogP contribution is 2.25. The second kappa shape index (κ2) is 6.79. The number of aryl methyl sites for hydroxylation is 2. The summed E-state index contributed by atoms with van der Waals surface area (Å²) < 4.78 is 0. The molecule has 0 saturated heterocycles. The highest BCUT2D eigenvalue weighted by atomic mass is 15.2. The smallest absolute Gasteiger partial charge is 0.227 e. The average Bonchev–Trinajstić information content (AvgIpc) is 3.13. The van der Waals surface area contributed by atoms with Crippen LogP contribution < -0.4 is 10.6 Å². The molecule has 26 heavy (non-hydrogen) atoms. The monoisotopic (exact) mass is 345 g/mol. The van der Waals surface area contributed by atoms with Crippen LogP contribution in [0, 0.1) is 13.8 Å². The van der Waals surface area contributed by atoms with Gasteiger partial charge < -0.3 is 10.6 Å². The van der Waals surface area contributed by atoms with E-state index in [4.69, 9.17) is 0 Å². The summed E-state index contributed by atoms with van der Waals surface area (Å²) in [6.07, 6.45) is 3.49. The maximum absolute atomic E-state index is 4.61. The molecule has 0 aliphatic heterocycles. The van der Waals surface area contributed by atoms with Crippen LogP contribution in [0.1, 0.15) is 16.8 Å². The lowest BCUT2D eigenvalue weighted by molar-refractivity contribution is 1.00. The largest absolute Gasteiger partial charge is 0.348 e. The van der Waals surface area contributed by atoms with Gasteiger partial charge in [0, 0.05) is 11.9 Å². The van der Waals surface area contributed by atoms with Crippen LogP contribution in [-0.2, 0) is 6.54 Å². The molecular weight excluding hydrogens is 326 g/mol. The summed E-state index contributed by atoms with van der Waals surface area (Å²) in [4.78, 5) is 13.4. The molecule has 0 aliphatic carbocycles. The number of pyridine rings is 1. The molecular formula is C19H19N7. The van der Waals surface area contributed by atoms with Crippen molar-refractivity contribution in [1.29, 1.82) is 0 Å². The van der Waals surface area contributed by atoms with E-state index < -0.39 is 0 Å². The van der Waals surface area contributed by atoms with Gasteiger partial charge in [-0.25, -0.2) is 0 Å². The number of hydrogen-bond donors (Lipinski definition) is 3. The lowest BCUT2D eigenvalue weighted by Crippen LogP contribution is -2.06. The van der Waals surface area contributed by atoms with Crippen molar-refractivity contribution in [1.82, 2.24) is 25.1 Å². The van der Waals surface area contributed by atoms with Gasteiger partial charge in [0.1, 0.15) is 5.82 Å². The molecule has 130 valence electrons. The Kier molecular flexibility index (Phi) is 4.18. The molecule has 0 bridgehead atoms. The second-order valence-electron chi connectivity index (χ2n) is 6.13.